The molecule has 98 valence electrons. The third-order valence-corrected chi connectivity index (χ3v) is 4.13. The van der Waals surface area contributed by atoms with E-state index in [-0.39, 0.29) is 12.0 Å². The number of benzene rings is 1. The van der Waals surface area contributed by atoms with E-state index in [2.05, 4.69) is 27.9 Å². The lowest BCUT2D eigenvalue weighted by atomic mass is 9.87. The van der Waals surface area contributed by atoms with E-state index in [1.54, 1.807) is 0 Å². The largest absolute Gasteiger partial charge is 0.393 e. The van der Waals surface area contributed by atoms with Gasteiger partial charge in [0, 0.05) is 15.7 Å². The lowest BCUT2D eigenvalue weighted by Crippen LogP contribution is -2.32. The Balaban J connectivity index is 1.82. The number of carbonyl (C=O) groups is 1. The van der Waals surface area contributed by atoms with Crippen LogP contribution in [0.3, 0.4) is 0 Å². The smallest absolute Gasteiger partial charge is 0.251 e. The Morgan fingerprint density at radius 3 is 2.72 bits per heavy atom. The highest BCUT2D eigenvalue weighted by Gasteiger charge is 2.20. The van der Waals surface area contributed by atoms with Gasteiger partial charge in [0.25, 0.3) is 5.91 Å². The molecule has 3 nitrogen and oxygen atoms in total. The average molecular weight is 359 g/mol. The maximum atomic E-state index is 11.9. The van der Waals surface area contributed by atoms with E-state index in [0.29, 0.717) is 18.0 Å². The minimum Gasteiger partial charge on any atom is -0.393 e. The van der Waals surface area contributed by atoms with Crippen LogP contribution in [0.1, 0.15) is 36.0 Å². The van der Waals surface area contributed by atoms with Gasteiger partial charge in [-0.25, -0.2) is 0 Å². The first-order valence-corrected chi connectivity index (χ1v) is 7.45. The molecule has 1 aliphatic carbocycles. The van der Waals surface area contributed by atoms with Crippen molar-refractivity contribution < 1.29 is 9.90 Å². The first-order valence-electron chi connectivity index (χ1n) is 6.37. The Morgan fingerprint density at radius 2 is 2.06 bits per heavy atom. The van der Waals surface area contributed by atoms with Crippen molar-refractivity contribution in [2.24, 2.45) is 5.92 Å². The third kappa shape index (κ3) is 3.95. The van der Waals surface area contributed by atoms with Gasteiger partial charge in [0.1, 0.15) is 0 Å². The van der Waals surface area contributed by atoms with Crippen LogP contribution in [-0.4, -0.2) is 23.7 Å². The normalized spacial score (nSPS) is 23.7. The Bertz CT molecular complexity index is 405. The second kappa shape index (κ2) is 6.52. The van der Waals surface area contributed by atoms with Crippen molar-refractivity contribution in [1.82, 2.24) is 5.32 Å². The number of nitrogens with one attached hydrogen (secondary N) is 1. The molecule has 0 saturated heterocycles. The van der Waals surface area contributed by atoms with Crippen molar-refractivity contribution in [3.8, 4) is 0 Å². The fourth-order valence-electron chi connectivity index (χ4n) is 2.39. The fraction of sp³-hybridized carbons (Fsp3) is 0.500. The van der Waals surface area contributed by atoms with E-state index in [1.807, 2.05) is 24.3 Å². The van der Waals surface area contributed by atoms with E-state index in [4.69, 9.17) is 0 Å². The molecule has 2 atom stereocenters. The molecule has 0 aromatic heterocycles. The summed E-state index contributed by atoms with van der Waals surface area (Å²) in [7, 11) is 0. The van der Waals surface area contributed by atoms with E-state index < -0.39 is 0 Å². The molecule has 0 spiro atoms. The highest BCUT2D eigenvalue weighted by molar-refractivity contribution is 14.1. The molecule has 2 N–H and O–H groups in total. The van der Waals surface area contributed by atoms with Crippen molar-refractivity contribution in [2.45, 2.75) is 31.8 Å². The Kier molecular flexibility index (Phi) is 5.00. The number of hydrogen-bond donors (Lipinski definition) is 2. The lowest BCUT2D eigenvalue weighted by Gasteiger charge is -2.25. The molecule has 1 amide bonds. The second-order valence-electron chi connectivity index (χ2n) is 4.90. The molecule has 1 aliphatic rings. The lowest BCUT2D eigenvalue weighted by molar-refractivity contribution is 0.0874. The van der Waals surface area contributed by atoms with Crippen LogP contribution >= 0.6 is 22.6 Å². The molecule has 0 bridgehead atoms. The van der Waals surface area contributed by atoms with Gasteiger partial charge in [0.2, 0.25) is 0 Å². The molecular weight excluding hydrogens is 341 g/mol. The summed E-state index contributed by atoms with van der Waals surface area (Å²) < 4.78 is 1.12. The maximum absolute atomic E-state index is 11.9. The Hall–Kier alpha value is -0.620. The van der Waals surface area contributed by atoms with Crippen LogP contribution in [0.2, 0.25) is 0 Å². The van der Waals surface area contributed by atoms with Gasteiger partial charge >= 0.3 is 0 Å². The number of rotatable bonds is 3. The van der Waals surface area contributed by atoms with Gasteiger partial charge in [-0.15, -0.1) is 0 Å². The van der Waals surface area contributed by atoms with Crippen molar-refractivity contribution in [1.29, 1.82) is 0 Å². The van der Waals surface area contributed by atoms with E-state index in [9.17, 15) is 9.90 Å². The SMILES string of the molecule is O=C(NCC1CCCC(O)C1)c1ccc(I)cc1. The maximum Gasteiger partial charge on any atom is 0.251 e. The Labute approximate surface area is 121 Å². The zero-order valence-corrected chi connectivity index (χ0v) is 12.4. The monoisotopic (exact) mass is 359 g/mol. The molecule has 1 fully saturated rings. The molecule has 1 aromatic carbocycles. The number of aliphatic hydroxyl groups excluding tert-OH is 1. The van der Waals surface area contributed by atoms with E-state index in [0.717, 1.165) is 29.3 Å². The molecule has 1 aromatic rings. The molecule has 18 heavy (non-hydrogen) atoms. The minimum atomic E-state index is -0.182. The fourth-order valence-corrected chi connectivity index (χ4v) is 2.75. The number of amides is 1. The zero-order valence-electron chi connectivity index (χ0n) is 10.2. The summed E-state index contributed by atoms with van der Waals surface area (Å²) >= 11 is 2.22. The van der Waals surface area contributed by atoms with Crippen LogP contribution in [0.4, 0.5) is 0 Å². The van der Waals surface area contributed by atoms with Crippen LogP contribution in [0.15, 0.2) is 24.3 Å². The van der Waals surface area contributed by atoms with Gasteiger partial charge in [0.15, 0.2) is 0 Å². The van der Waals surface area contributed by atoms with Gasteiger partial charge < -0.3 is 10.4 Å². The standard InChI is InChI=1S/C14H18INO2/c15-12-6-4-11(5-7-12)14(18)16-9-10-2-1-3-13(17)8-10/h4-7,10,13,17H,1-3,8-9H2,(H,16,18). The predicted octanol–water partition coefficient (Wildman–Crippen LogP) is 2.57. The molecular formula is C14H18INO2. The molecule has 4 heteroatoms. The first kappa shape index (κ1) is 13.8. The topological polar surface area (TPSA) is 49.3 Å². The van der Waals surface area contributed by atoms with Gasteiger partial charge in [-0.3, -0.25) is 4.79 Å². The summed E-state index contributed by atoms with van der Waals surface area (Å²) in [5.74, 6) is 0.396. The van der Waals surface area contributed by atoms with Crippen LogP contribution in [0.5, 0.6) is 0 Å². The minimum absolute atomic E-state index is 0.0218. The molecule has 1 saturated carbocycles. The van der Waals surface area contributed by atoms with Crippen molar-refractivity contribution in [3.05, 3.63) is 33.4 Å². The van der Waals surface area contributed by atoms with Crippen LogP contribution in [0.25, 0.3) is 0 Å². The van der Waals surface area contributed by atoms with Gasteiger partial charge in [0.05, 0.1) is 6.10 Å². The van der Waals surface area contributed by atoms with Crippen molar-refractivity contribution >= 4 is 28.5 Å². The van der Waals surface area contributed by atoms with Gasteiger partial charge in [-0.05, 0) is 72.0 Å². The van der Waals surface area contributed by atoms with Crippen molar-refractivity contribution in [3.63, 3.8) is 0 Å². The van der Waals surface area contributed by atoms with Crippen LogP contribution in [-0.2, 0) is 0 Å². The summed E-state index contributed by atoms with van der Waals surface area (Å²) in [6, 6.07) is 7.54. The summed E-state index contributed by atoms with van der Waals surface area (Å²) in [6.45, 7) is 0.669. The van der Waals surface area contributed by atoms with Crippen LogP contribution < -0.4 is 5.32 Å². The first-order chi connectivity index (χ1) is 8.65. The molecule has 0 aliphatic heterocycles. The van der Waals surface area contributed by atoms with Crippen LogP contribution in [0, 0.1) is 9.49 Å². The zero-order chi connectivity index (χ0) is 13.0. The van der Waals surface area contributed by atoms with Gasteiger partial charge in [-0.2, -0.15) is 0 Å². The third-order valence-electron chi connectivity index (χ3n) is 3.41. The highest BCUT2D eigenvalue weighted by atomic mass is 127. The van der Waals surface area contributed by atoms with E-state index >= 15 is 0 Å². The predicted molar refractivity (Wildman–Crippen MR) is 79.5 cm³/mol. The number of hydrogen-bond acceptors (Lipinski definition) is 2. The summed E-state index contributed by atoms with van der Waals surface area (Å²) in [6.07, 6.45) is 3.70. The van der Waals surface area contributed by atoms with Crippen molar-refractivity contribution in [2.75, 3.05) is 6.54 Å². The molecule has 0 heterocycles. The molecule has 2 rings (SSSR count). The quantitative estimate of drug-likeness (QED) is 0.815. The molecule has 0 radical (unpaired) electrons. The second-order valence-corrected chi connectivity index (χ2v) is 6.15. The Morgan fingerprint density at radius 1 is 1.33 bits per heavy atom. The number of halogens is 1. The van der Waals surface area contributed by atoms with Gasteiger partial charge in [-0.1, -0.05) is 6.42 Å². The summed E-state index contributed by atoms with van der Waals surface area (Å²) in [4.78, 5) is 11.9. The summed E-state index contributed by atoms with van der Waals surface area (Å²) in [5.41, 5.74) is 0.701. The van der Waals surface area contributed by atoms with E-state index in [1.165, 1.54) is 0 Å². The average Bonchev–Trinajstić information content (AvgIpc) is 2.37. The number of carbonyl (C=O) groups excluding carboxylic acids is 1. The highest BCUT2D eigenvalue weighted by Crippen LogP contribution is 2.23. The molecule has 2 unspecified atom stereocenters. The summed E-state index contributed by atoms with van der Waals surface area (Å²) in [5, 5.41) is 12.5. The number of aliphatic hydroxyl groups is 1.